The Morgan fingerprint density at radius 3 is 2.52 bits per heavy atom. The smallest absolute Gasteiger partial charge is 0.125 e. The summed E-state index contributed by atoms with van der Waals surface area (Å²) in [4.78, 5) is 0. The maximum atomic E-state index is 13.6. The molecule has 0 bridgehead atoms. The SMILES string of the molecule is CCCNC(C)c1ccc(F)cc1-c1cc(F)cc(Cl)c1. The van der Waals surface area contributed by atoms with E-state index < -0.39 is 5.82 Å². The van der Waals surface area contributed by atoms with Gasteiger partial charge in [0.2, 0.25) is 0 Å². The second kappa shape index (κ2) is 7.01. The Balaban J connectivity index is 2.48. The molecule has 0 saturated heterocycles. The van der Waals surface area contributed by atoms with E-state index in [0.717, 1.165) is 18.5 Å². The average Bonchev–Trinajstić information content (AvgIpc) is 2.43. The molecule has 1 unspecified atom stereocenters. The van der Waals surface area contributed by atoms with Crippen molar-refractivity contribution in [1.29, 1.82) is 0 Å². The summed E-state index contributed by atoms with van der Waals surface area (Å²) in [6.07, 6.45) is 1.01. The van der Waals surface area contributed by atoms with E-state index in [2.05, 4.69) is 12.2 Å². The third-order valence-corrected chi connectivity index (χ3v) is 3.57. The fourth-order valence-electron chi connectivity index (χ4n) is 2.34. The minimum Gasteiger partial charge on any atom is -0.310 e. The van der Waals surface area contributed by atoms with E-state index in [-0.39, 0.29) is 11.9 Å². The Morgan fingerprint density at radius 2 is 1.86 bits per heavy atom. The molecule has 0 spiro atoms. The highest BCUT2D eigenvalue weighted by Gasteiger charge is 2.13. The van der Waals surface area contributed by atoms with Crippen molar-refractivity contribution < 1.29 is 8.78 Å². The van der Waals surface area contributed by atoms with Gasteiger partial charge in [-0.15, -0.1) is 0 Å². The number of nitrogens with one attached hydrogen (secondary N) is 1. The molecule has 1 nitrogen and oxygen atoms in total. The van der Waals surface area contributed by atoms with Crippen molar-refractivity contribution in [1.82, 2.24) is 5.32 Å². The predicted molar refractivity (Wildman–Crippen MR) is 83.5 cm³/mol. The van der Waals surface area contributed by atoms with Crippen LogP contribution < -0.4 is 5.32 Å². The summed E-state index contributed by atoms with van der Waals surface area (Å²) in [7, 11) is 0. The first kappa shape index (κ1) is 15.9. The van der Waals surface area contributed by atoms with Gasteiger partial charge in [-0.25, -0.2) is 8.78 Å². The first-order valence-corrected chi connectivity index (χ1v) is 7.38. The first-order chi connectivity index (χ1) is 10.0. The van der Waals surface area contributed by atoms with Gasteiger partial charge in [0.15, 0.2) is 0 Å². The monoisotopic (exact) mass is 309 g/mol. The molecule has 0 aliphatic carbocycles. The van der Waals surface area contributed by atoms with Crippen LogP contribution >= 0.6 is 11.6 Å². The summed E-state index contributed by atoms with van der Waals surface area (Å²) in [6, 6.07) is 8.88. The molecule has 0 radical (unpaired) electrons. The molecule has 0 aliphatic heterocycles. The maximum Gasteiger partial charge on any atom is 0.125 e. The lowest BCUT2D eigenvalue weighted by Crippen LogP contribution is -2.20. The van der Waals surface area contributed by atoms with Crippen molar-refractivity contribution >= 4 is 11.6 Å². The quantitative estimate of drug-likeness (QED) is 0.785. The minimum atomic E-state index is -0.429. The van der Waals surface area contributed by atoms with Crippen molar-refractivity contribution in [2.24, 2.45) is 0 Å². The van der Waals surface area contributed by atoms with E-state index >= 15 is 0 Å². The van der Waals surface area contributed by atoms with Crippen LogP contribution in [0.15, 0.2) is 36.4 Å². The zero-order valence-corrected chi connectivity index (χ0v) is 12.8. The lowest BCUT2D eigenvalue weighted by molar-refractivity contribution is 0.568. The Morgan fingerprint density at radius 1 is 1.10 bits per heavy atom. The van der Waals surface area contributed by atoms with Gasteiger partial charge < -0.3 is 5.32 Å². The highest BCUT2D eigenvalue weighted by molar-refractivity contribution is 6.30. The molecule has 0 fully saturated rings. The highest BCUT2D eigenvalue weighted by atomic mass is 35.5. The lowest BCUT2D eigenvalue weighted by Gasteiger charge is -2.18. The molecule has 112 valence electrons. The van der Waals surface area contributed by atoms with Crippen LogP contribution in [0, 0.1) is 11.6 Å². The van der Waals surface area contributed by atoms with Crippen molar-refractivity contribution in [2.45, 2.75) is 26.3 Å². The molecule has 0 aliphatic rings. The number of hydrogen-bond donors (Lipinski definition) is 1. The average molecular weight is 310 g/mol. The molecule has 1 atom stereocenters. The van der Waals surface area contributed by atoms with Crippen LogP contribution in [0.4, 0.5) is 8.78 Å². The van der Waals surface area contributed by atoms with Gasteiger partial charge in [-0.2, -0.15) is 0 Å². The third-order valence-electron chi connectivity index (χ3n) is 3.36. The Labute approximate surface area is 128 Å². The molecule has 0 heterocycles. The van der Waals surface area contributed by atoms with E-state index in [1.54, 1.807) is 12.1 Å². The van der Waals surface area contributed by atoms with Gasteiger partial charge in [-0.1, -0.05) is 24.6 Å². The predicted octanol–water partition coefficient (Wildman–Crippen LogP) is 5.35. The molecule has 21 heavy (non-hydrogen) atoms. The van der Waals surface area contributed by atoms with Crippen molar-refractivity contribution in [3.05, 3.63) is 58.6 Å². The number of rotatable bonds is 5. The summed E-state index contributed by atoms with van der Waals surface area (Å²) in [5.74, 6) is -0.779. The van der Waals surface area contributed by atoms with Crippen LogP contribution in [-0.4, -0.2) is 6.54 Å². The van der Waals surface area contributed by atoms with Crippen LogP contribution in [0.3, 0.4) is 0 Å². The zero-order valence-electron chi connectivity index (χ0n) is 12.1. The van der Waals surface area contributed by atoms with Gasteiger partial charge >= 0.3 is 0 Å². The van der Waals surface area contributed by atoms with Crippen LogP contribution in [0.2, 0.25) is 5.02 Å². The van der Waals surface area contributed by atoms with E-state index in [9.17, 15) is 8.78 Å². The first-order valence-electron chi connectivity index (χ1n) is 7.00. The van der Waals surface area contributed by atoms with Gasteiger partial charge in [-0.05, 0) is 66.9 Å². The number of benzene rings is 2. The molecular weight excluding hydrogens is 292 g/mol. The summed E-state index contributed by atoms with van der Waals surface area (Å²) in [6.45, 7) is 4.95. The molecule has 2 rings (SSSR count). The number of halogens is 3. The molecule has 0 aromatic heterocycles. The van der Waals surface area contributed by atoms with Gasteiger partial charge in [0.05, 0.1) is 0 Å². The topological polar surface area (TPSA) is 12.0 Å². The van der Waals surface area contributed by atoms with Crippen LogP contribution in [0.5, 0.6) is 0 Å². The molecule has 1 N–H and O–H groups in total. The second-order valence-corrected chi connectivity index (χ2v) is 5.50. The van der Waals surface area contributed by atoms with Crippen molar-refractivity contribution in [3.8, 4) is 11.1 Å². The Hall–Kier alpha value is -1.45. The minimum absolute atomic E-state index is 0.0441. The normalized spacial score (nSPS) is 12.4. The molecular formula is C17H18ClF2N. The molecule has 0 saturated carbocycles. The molecule has 0 amide bonds. The summed E-state index contributed by atoms with van der Waals surface area (Å²) in [5, 5.41) is 3.66. The Bertz CT molecular complexity index is 608. The largest absolute Gasteiger partial charge is 0.310 e. The van der Waals surface area contributed by atoms with Crippen LogP contribution in [0.1, 0.15) is 31.9 Å². The lowest BCUT2D eigenvalue weighted by atomic mass is 9.95. The van der Waals surface area contributed by atoms with Gasteiger partial charge in [-0.3, -0.25) is 0 Å². The zero-order chi connectivity index (χ0) is 15.4. The van der Waals surface area contributed by atoms with Crippen molar-refractivity contribution in [3.63, 3.8) is 0 Å². The molecule has 2 aromatic carbocycles. The van der Waals surface area contributed by atoms with E-state index in [1.807, 2.05) is 6.92 Å². The third kappa shape index (κ3) is 4.02. The van der Waals surface area contributed by atoms with E-state index in [4.69, 9.17) is 11.6 Å². The standard InChI is InChI=1S/C17H18ClF2N/c1-3-6-21-11(2)16-5-4-14(19)10-17(16)12-7-13(18)9-15(20)8-12/h4-5,7-11,21H,3,6H2,1-2H3. The van der Waals surface area contributed by atoms with E-state index in [1.165, 1.54) is 24.3 Å². The Kier molecular flexibility index (Phi) is 5.32. The van der Waals surface area contributed by atoms with Crippen LogP contribution in [-0.2, 0) is 0 Å². The molecule has 4 heteroatoms. The van der Waals surface area contributed by atoms with Gasteiger partial charge in [0, 0.05) is 11.1 Å². The highest BCUT2D eigenvalue weighted by Crippen LogP contribution is 2.31. The summed E-state index contributed by atoms with van der Waals surface area (Å²) < 4.78 is 27.2. The summed E-state index contributed by atoms with van der Waals surface area (Å²) >= 11 is 5.91. The van der Waals surface area contributed by atoms with Gasteiger partial charge in [0.1, 0.15) is 11.6 Å². The maximum absolute atomic E-state index is 13.6. The molecule has 2 aromatic rings. The second-order valence-electron chi connectivity index (χ2n) is 5.07. The van der Waals surface area contributed by atoms with Crippen molar-refractivity contribution in [2.75, 3.05) is 6.54 Å². The number of hydrogen-bond acceptors (Lipinski definition) is 1. The fraction of sp³-hybridized carbons (Fsp3) is 0.294. The summed E-state index contributed by atoms with van der Waals surface area (Å²) in [5.41, 5.74) is 2.17. The van der Waals surface area contributed by atoms with Gasteiger partial charge in [0.25, 0.3) is 0 Å². The van der Waals surface area contributed by atoms with E-state index in [0.29, 0.717) is 16.1 Å². The fourth-order valence-corrected chi connectivity index (χ4v) is 2.56. The van der Waals surface area contributed by atoms with Crippen LogP contribution in [0.25, 0.3) is 11.1 Å².